The van der Waals surface area contributed by atoms with Crippen LogP contribution in [0.1, 0.15) is 109 Å². The Kier molecular flexibility index (Phi) is 32.5. The summed E-state index contributed by atoms with van der Waals surface area (Å²) < 4.78 is 0. The molecule has 0 spiro atoms. The maximum atomic E-state index is 14.4. The number of aliphatic hydroxyl groups is 1. The van der Waals surface area contributed by atoms with Gasteiger partial charge in [0.25, 0.3) is 0 Å². The average Bonchev–Trinajstić information content (AvgIpc) is 3.83. The number of aliphatic hydroxyl groups excluding tert-OH is 1. The predicted octanol–water partition coefficient (Wildman–Crippen LogP) is -3.25. The summed E-state index contributed by atoms with van der Waals surface area (Å²) in [5.74, 6) is -4.34. The number of rotatable bonds is 40. The Bertz CT molecular complexity index is 1760. The molecule has 0 aliphatic carbocycles. The second-order valence-electron chi connectivity index (χ2n) is 17.0. The summed E-state index contributed by atoms with van der Waals surface area (Å²) in [5.41, 5.74) is 34.2. The van der Waals surface area contributed by atoms with Crippen LogP contribution in [0.25, 0.3) is 0 Å². The van der Waals surface area contributed by atoms with Crippen molar-refractivity contribution in [3.63, 3.8) is 0 Å². The summed E-state index contributed by atoms with van der Waals surface area (Å²) >= 11 is 4.21. The number of guanidine groups is 1. The van der Waals surface area contributed by atoms with Crippen LogP contribution in [0.15, 0.2) is 12.5 Å². The molecule has 398 valence electrons. The van der Waals surface area contributed by atoms with Crippen molar-refractivity contribution in [3.05, 3.63) is 18.2 Å². The Labute approximate surface area is 416 Å². The smallest absolute Gasteiger partial charge is 0.243 e. The van der Waals surface area contributed by atoms with Crippen LogP contribution in [-0.2, 0) is 44.8 Å². The van der Waals surface area contributed by atoms with Gasteiger partial charge in [-0.2, -0.15) is 12.6 Å². The zero-order valence-electron chi connectivity index (χ0n) is 40.8. The topological polar surface area (TPSA) is 423 Å². The van der Waals surface area contributed by atoms with Crippen molar-refractivity contribution >= 4 is 65.8 Å². The van der Waals surface area contributed by atoms with Gasteiger partial charge in [0.15, 0.2) is 5.96 Å². The number of aromatic amines is 1. The van der Waals surface area contributed by atoms with Gasteiger partial charge in [0.1, 0.15) is 24.2 Å². The molecule has 8 amide bonds. The lowest BCUT2D eigenvalue weighted by atomic mass is 10.0. The Morgan fingerprint density at radius 3 is 1.64 bits per heavy atom. The summed E-state index contributed by atoms with van der Waals surface area (Å²) in [7, 11) is 0. The highest BCUT2D eigenvalue weighted by Crippen LogP contribution is 2.16. The molecule has 0 radical (unpaired) electrons. The number of carbonyl (C=O) groups is 8. The molecule has 0 saturated carbocycles. The van der Waals surface area contributed by atoms with Crippen molar-refractivity contribution in [1.82, 2.24) is 45.9 Å². The molecule has 26 heteroatoms. The van der Waals surface area contributed by atoms with Gasteiger partial charge in [-0.25, -0.2) is 4.98 Å². The summed E-state index contributed by atoms with van der Waals surface area (Å²) in [6.45, 7) is 1.60. The minimum absolute atomic E-state index is 0.0204. The molecule has 70 heavy (non-hydrogen) atoms. The molecule has 0 fully saturated rings. The van der Waals surface area contributed by atoms with E-state index < -0.39 is 71.6 Å². The molecule has 5 unspecified atom stereocenters. The summed E-state index contributed by atoms with van der Waals surface area (Å²) in [6, 6.07) is -4.48. The highest BCUT2D eigenvalue weighted by Gasteiger charge is 2.34. The lowest BCUT2D eigenvalue weighted by molar-refractivity contribution is -0.142. The first-order valence-corrected chi connectivity index (χ1v) is 24.8. The van der Waals surface area contributed by atoms with E-state index in [1.807, 2.05) is 0 Å². The molecule has 1 aromatic heterocycles. The van der Waals surface area contributed by atoms with Crippen LogP contribution in [0, 0.1) is 5.41 Å². The van der Waals surface area contributed by atoms with Crippen LogP contribution in [0.2, 0.25) is 0 Å². The van der Waals surface area contributed by atoms with E-state index in [0.29, 0.717) is 70.2 Å². The summed E-state index contributed by atoms with van der Waals surface area (Å²) in [6.07, 6.45) is 7.01. The molecule has 0 aromatic carbocycles. The van der Waals surface area contributed by atoms with Crippen molar-refractivity contribution in [1.29, 1.82) is 5.41 Å². The molecule has 0 bridgehead atoms. The first-order chi connectivity index (χ1) is 33.4. The van der Waals surface area contributed by atoms with Crippen LogP contribution in [0.4, 0.5) is 0 Å². The van der Waals surface area contributed by atoms with E-state index in [1.54, 1.807) is 0 Å². The Morgan fingerprint density at radius 1 is 0.657 bits per heavy atom. The largest absolute Gasteiger partial charge is 0.391 e. The van der Waals surface area contributed by atoms with Crippen molar-refractivity contribution in [3.8, 4) is 0 Å². The van der Waals surface area contributed by atoms with Gasteiger partial charge in [-0.3, -0.25) is 43.8 Å². The number of nitrogens with two attached hydrogens (primary N) is 6. The molecule has 5 atom stereocenters. The monoisotopic (exact) mass is 1010 g/mol. The minimum atomic E-state index is -1.23. The Hall–Kier alpha value is -5.57. The number of primary amides is 2. The van der Waals surface area contributed by atoms with Crippen molar-refractivity contribution < 1.29 is 43.5 Å². The number of hydrogen-bond donors (Lipinski definition) is 14. The van der Waals surface area contributed by atoms with Crippen molar-refractivity contribution in [2.75, 3.05) is 64.7 Å². The molecular formula is C44H82N16O9S. The molecule has 1 aromatic rings. The zero-order valence-corrected chi connectivity index (χ0v) is 41.7. The summed E-state index contributed by atoms with van der Waals surface area (Å²) in [5, 5.41) is 28.3. The van der Waals surface area contributed by atoms with E-state index in [-0.39, 0.29) is 115 Å². The lowest BCUT2D eigenvalue weighted by Gasteiger charge is -2.34. The number of imidazole rings is 1. The van der Waals surface area contributed by atoms with E-state index in [1.165, 1.54) is 34.1 Å². The molecular weight excluding hydrogens is 929 g/mol. The van der Waals surface area contributed by atoms with Gasteiger partial charge in [0, 0.05) is 89.8 Å². The average molecular weight is 1010 g/mol. The Morgan fingerprint density at radius 2 is 1.14 bits per heavy atom. The number of amides is 8. The maximum absolute atomic E-state index is 14.4. The highest BCUT2D eigenvalue weighted by molar-refractivity contribution is 7.80. The van der Waals surface area contributed by atoms with Crippen LogP contribution < -0.4 is 55.7 Å². The van der Waals surface area contributed by atoms with Crippen LogP contribution in [0.5, 0.6) is 0 Å². The first kappa shape index (κ1) is 62.4. The van der Waals surface area contributed by atoms with Crippen LogP contribution in [0.3, 0.4) is 0 Å². The SMILES string of the molecule is CC(O)C(N)C(=O)NCCN(C(=O)CCS)C(CCCNC(=N)N)C(=O)NCCN(C(=O)CCCCCN)C(Cc1cnc[nH]1)C(=O)NCCN(C(=O)CCCCCC(N)=O)C(CCCCN)C(N)=O. The third kappa shape index (κ3) is 25.3. The van der Waals surface area contributed by atoms with Gasteiger partial charge in [-0.15, -0.1) is 0 Å². The number of carbonyl (C=O) groups excluding carboxylic acids is 8. The van der Waals surface area contributed by atoms with Gasteiger partial charge < -0.3 is 80.5 Å². The second kappa shape index (κ2) is 36.4. The van der Waals surface area contributed by atoms with Crippen molar-refractivity contribution in [2.24, 2.45) is 34.4 Å². The quantitative estimate of drug-likeness (QED) is 0.0133. The first-order valence-electron chi connectivity index (χ1n) is 24.2. The molecule has 25 nitrogen and oxygen atoms in total. The fraction of sp³-hybridized carbons (Fsp3) is 0.727. The number of aromatic nitrogens is 2. The minimum Gasteiger partial charge on any atom is -0.391 e. The predicted molar refractivity (Wildman–Crippen MR) is 267 cm³/mol. The highest BCUT2D eigenvalue weighted by atomic mass is 32.1. The lowest BCUT2D eigenvalue weighted by Crippen LogP contribution is -2.56. The number of H-pyrrole nitrogens is 1. The fourth-order valence-corrected chi connectivity index (χ4v) is 7.73. The van der Waals surface area contributed by atoms with Crippen LogP contribution in [-0.4, -0.2) is 178 Å². The van der Waals surface area contributed by atoms with E-state index >= 15 is 0 Å². The van der Waals surface area contributed by atoms with Gasteiger partial charge in [-0.05, 0) is 83.6 Å². The maximum Gasteiger partial charge on any atom is 0.243 e. The molecule has 1 rings (SSSR count). The molecule has 0 aliphatic heterocycles. The number of nitrogens with zero attached hydrogens (tertiary/aromatic N) is 4. The van der Waals surface area contributed by atoms with Gasteiger partial charge in [0.2, 0.25) is 47.3 Å². The van der Waals surface area contributed by atoms with Crippen molar-refractivity contribution in [2.45, 2.75) is 140 Å². The fourth-order valence-electron chi connectivity index (χ4n) is 7.54. The normalized spacial score (nSPS) is 13.2. The molecule has 1 heterocycles. The summed E-state index contributed by atoms with van der Waals surface area (Å²) in [4.78, 5) is 118. The van der Waals surface area contributed by atoms with Gasteiger partial charge in [-0.1, -0.05) is 12.8 Å². The molecule has 0 aliphatic rings. The van der Waals surface area contributed by atoms with Crippen LogP contribution >= 0.6 is 12.6 Å². The Balaban J connectivity index is 3.52. The number of hydrogen-bond acceptors (Lipinski definition) is 15. The molecule has 0 saturated heterocycles. The third-order valence-electron chi connectivity index (χ3n) is 11.4. The van der Waals surface area contributed by atoms with E-state index in [4.69, 9.17) is 39.8 Å². The van der Waals surface area contributed by atoms with E-state index in [2.05, 4.69) is 43.9 Å². The van der Waals surface area contributed by atoms with E-state index in [0.717, 1.165) is 0 Å². The second-order valence-corrected chi connectivity index (χ2v) is 17.4. The third-order valence-corrected chi connectivity index (χ3v) is 11.6. The number of unbranched alkanes of at least 4 members (excludes halogenated alkanes) is 5. The van der Waals surface area contributed by atoms with Gasteiger partial charge in [0.05, 0.1) is 12.4 Å². The number of thiol groups is 1. The van der Waals surface area contributed by atoms with E-state index in [9.17, 15) is 43.5 Å². The molecule has 19 N–H and O–H groups in total. The number of nitrogens with one attached hydrogen (secondary N) is 6. The van der Waals surface area contributed by atoms with Gasteiger partial charge >= 0.3 is 0 Å². The zero-order chi connectivity index (χ0) is 52.4. The standard InChI is InChI=1S/C44H82N16O9S/c1-30(61)39(48)43(69)55-22-24-59(38(65)16-26-70)33(12-10-19-56-44(50)51)41(67)53-21-25-60(37(64)15-6-3-8-17-45)34(27-31-28-52-29-57-31)42(68)54-20-23-58(32(40(49)66)11-7-9-18-46)36(63)14-5-2-4-13-35(47)62/h28-30,32-34,39,61,70H,2-27,45-46,48H2,1H3,(H2,47,62)(H2,49,66)(H,52,57)(H,53,67)(H,54,68)(H,55,69)(H4,50,51,56).